The number of carbonyl (C=O) groups excluding carboxylic acids is 1. The van der Waals surface area contributed by atoms with Crippen LogP contribution < -0.4 is 5.48 Å². The Kier molecular flexibility index (Phi) is 3.32. The number of rotatable bonds is 1. The Bertz CT molecular complexity index is 287. The van der Waals surface area contributed by atoms with Gasteiger partial charge in [-0.25, -0.2) is 10.3 Å². The van der Waals surface area contributed by atoms with E-state index in [-0.39, 0.29) is 24.2 Å². The van der Waals surface area contributed by atoms with Gasteiger partial charge < -0.3 is 14.8 Å². The first-order valence-corrected chi connectivity index (χ1v) is 6.31. The van der Waals surface area contributed by atoms with Crippen LogP contribution in [0.5, 0.6) is 0 Å². The Labute approximate surface area is 102 Å². The normalized spacial score (nSPS) is 32.7. The van der Waals surface area contributed by atoms with Crippen LogP contribution in [0.25, 0.3) is 0 Å². The third kappa shape index (κ3) is 2.72. The van der Waals surface area contributed by atoms with Crippen LogP contribution in [0.15, 0.2) is 0 Å². The number of ether oxygens (including phenoxy) is 1. The molecule has 0 aliphatic carbocycles. The smallest absolute Gasteiger partial charge is 0.410 e. The molecule has 0 spiro atoms. The number of nitrogens with zero attached hydrogens (tertiary/aromatic N) is 1. The molecule has 0 aromatic heterocycles. The van der Waals surface area contributed by atoms with Crippen molar-refractivity contribution in [2.45, 2.75) is 70.2 Å². The second-order valence-electron chi connectivity index (χ2n) is 6.07. The van der Waals surface area contributed by atoms with Gasteiger partial charge >= 0.3 is 6.09 Å². The van der Waals surface area contributed by atoms with Crippen molar-refractivity contribution in [3.05, 3.63) is 0 Å². The molecule has 0 aromatic carbocycles. The Morgan fingerprint density at radius 2 is 1.82 bits per heavy atom. The lowest BCUT2D eigenvalue weighted by Gasteiger charge is -2.38. The minimum absolute atomic E-state index is 0.117. The van der Waals surface area contributed by atoms with Gasteiger partial charge in [0.2, 0.25) is 0 Å². The minimum atomic E-state index is -0.442. The molecule has 0 radical (unpaired) electrons. The quantitative estimate of drug-likeness (QED) is 0.689. The van der Waals surface area contributed by atoms with Gasteiger partial charge in [-0.2, -0.15) is 0 Å². The Balaban J connectivity index is 2.01. The molecule has 2 atom stereocenters. The van der Waals surface area contributed by atoms with Crippen molar-refractivity contribution < 1.29 is 14.7 Å². The molecule has 98 valence electrons. The van der Waals surface area contributed by atoms with Crippen LogP contribution in [0.2, 0.25) is 0 Å². The highest BCUT2D eigenvalue weighted by atomic mass is 16.6. The molecule has 2 N–H and O–H groups in total. The lowest BCUT2D eigenvalue weighted by atomic mass is 9.98. The lowest BCUT2D eigenvalue weighted by Crippen LogP contribution is -2.52. The fourth-order valence-corrected chi connectivity index (χ4v) is 2.90. The van der Waals surface area contributed by atoms with Gasteiger partial charge in [0.15, 0.2) is 0 Å². The SMILES string of the molecule is CC(C)(C)OC(=O)N1C2CCC1CC(NO)C2. The Morgan fingerprint density at radius 3 is 2.24 bits per heavy atom. The van der Waals surface area contributed by atoms with Crippen LogP contribution in [-0.2, 0) is 4.74 Å². The number of piperidine rings is 1. The first-order valence-electron chi connectivity index (χ1n) is 6.31. The van der Waals surface area contributed by atoms with E-state index in [4.69, 9.17) is 9.94 Å². The summed E-state index contributed by atoms with van der Waals surface area (Å²) < 4.78 is 5.43. The van der Waals surface area contributed by atoms with Crippen LogP contribution in [0.4, 0.5) is 4.79 Å². The molecule has 1 amide bonds. The topological polar surface area (TPSA) is 61.8 Å². The van der Waals surface area contributed by atoms with Gasteiger partial charge in [0, 0.05) is 18.1 Å². The maximum Gasteiger partial charge on any atom is 0.410 e. The third-order valence-electron chi connectivity index (χ3n) is 3.52. The van der Waals surface area contributed by atoms with E-state index in [1.54, 1.807) is 0 Å². The zero-order valence-electron chi connectivity index (χ0n) is 10.8. The predicted octanol–water partition coefficient (Wildman–Crippen LogP) is 1.90. The van der Waals surface area contributed by atoms with Gasteiger partial charge in [-0.05, 0) is 46.5 Å². The third-order valence-corrected chi connectivity index (χ3v) is 3.52. The maximum atomic E-state index is 12.1. The number of hydrogen-bond acceptors (Lipinski definition) is 4. The van der Waals surface area contributed by atoms with E-state index < -0.39 is 5.60 Å². The standard InChI is InChI=1S/C12H22N2O3/c1-12(2,3)17-11(15)14-9-4-5-10(14)7-8(6-9)13-16/h8-10,13,16H,4-7H2,1-3H3. The highest BCUT2D eigenvalue weighted by Gasteiger charge is 2.44. The first-order chi connectivity index (χ1) is 7.90. The number of hydroxylamine groups is 1. The van der Waals surface area contributed by atoms with Gasteiger partial charge in [0.25, 0.3) is 0 Å². The van der Waals surface area contributed by atoms with E-state index in [2.05, 4.69) is 5.48 Å². The average Bonchev–Trinajstić information content (AvgIpc) is 2.47. The van der Waals surface area contributed by atoms with Crippen LogP contribution in [0.3, 0.4) is 0 Å². The van der Waals surface area contributed by atoms with Gasteiger partial charge in [-0.1, -0.05) is 0 Å². The van der Waals surface area contributed by atoms with Crippen LogP contribution in [0.1, 0.15) is 46.5 Å². The van der Waals surface area contributed by atoms with Crippen molar-refractivity contribution in [2.75, 3.05) is 0 Å². The summed E-state index contributed by atoms with van der Waals surface area (Å²) in [7, 11) is 0. The van der Waals surface area contributed by atoms with Crippen LogP contribution in [-0.4, -0.2) is 39.9 Å². The molecule has 5 nitrogen and oxygen atoms in total. The predicted molar refractivity (Wildman–Crippen MR) is 62.8 cm³/mol. The van der Waals surface area contributed by atoms with Crippen molar-refractivity contribution in [2.24, 2.45) is 0 Å². The van der Waals surface area contributed by atoms with Crippen molar-refractivity contribution in [3.63, 3.8) is 0 Å². The number of amides is 1. The lowest BCUT2D eigenvalue weighted by molar-refractivity contribution is -0.00443. The monoisotopic (exact) mass is 242 g/mol. The molecule has 2 unspecified atom stereocenters. The van der Waals surface area contributed by atoms with E-state index in [9.17, 15) is 4.79 Å². The van der Waals surface area contributed by atoms with Crippen LogP contribution in [0, 0.1) is 0 Å². The molecule has 2 saturated heterocycles. The van der Waals surface area contributed by atoms with E-state index in [1.165, 1.54) is 0 Å². The minimum Gasteiger partial charge on any atom is -0.444 e. The molecule has 2 heterocycles. The van der Waals surface area contributed by atoms with Gasteiger partial charge in [0.05, 0.1) is 0 Å². The van der Waals surface area contributed by atoms with E-state index in [1.807, 2.05) is 25.7 Å². The van der Waals surface area contributed by atoms with Crippen LogP contribution >= 0.6 is 0 Å². The molecule has 2 fully saturated rings. The second-order valence-corrected chi connectivity index (χ2v) is 6.07. The highest BCUT2D eigenvalue weighted by molar-refractivity contribution is 5.69. The largest absolute Gasteiger partial charge is 0.444 e. The summed E-state index contributed by atoms with van der Waals surface area (Å²) in [6.07, 6.45) is 3.45. The van der Waals surface area contributed by atoms with Crippen molar-refractivity contribution >= 4 is 6.09 Å². The number of hydrogen-bond donors (Lipinski definition) is 2. The van der Waals surface area contributed by atoms with Crippen molar-refractivity contribution in [1.82, 2.24) is 10.4 Å². The van der Waals surface area contributed by atoms with Gasteiger partial charge in [-0.3, -0.25) is 0 Å². The number of nitrogens with one attached hydrogen (secondary N) is 1. The average molecular weight is 242 g/mol. The summed E-state index contributed by atoms with van der Waals surface area (Å²) in [6.45, 7) is 5.65. The second kappa shape index (κ2) is 4.46. The Morgan fingerprint density at radius 1 is 1.29 bits per heavy atom. The first kappa shape index (κ1) is 12.6. The molecular formula is C12H22N2O3. The molecule has 0 aromatic rings. The molecular weight excluding hydrogens is 220 g/mol. The fourth-order valence-electron chi connectivity index (χ4n) is 2.90. The van der Waals surface area contributed by atoms with Gasteiger partial charge in [0.1, 0.15) is 5.60 Å². The Hall–Kier alpha value is -0.810. The molecule has 2 rings (SSSR count). The molecule has 5 heteroatoms. The summed E-state index contributed by atoms with van der Waals surface area (Å²) >= 11 is 0. The van der Waals surface area contributed by atoms with E-state index >= 15 is 0 Å². The zero-order chi connectivity index (χ0) is 12.6. The molecule has 17 heavy (non-hydrogen) atoms. The fraction of sp³-hybridized carbons (Fsp3) is 0.917. The zero-order valence-corrected chi connectivity index (χ0v) is 10.8. The number of carbonyl (C=O) groups is 1. The highest BCUT2D eigenvalue weighted by Crippen LogP contribution is 2.36. The summed E-state index contributed by atoms with van der Waals surface area (Å²) in [5, 5.41) is 8.98. The summed E-state index contributed by atoms with van der Waals surface area (Å²) in [5.74, 6) is 0. The van der Waals surface area contributed by atoms with Crippen molar-refractivity contribution in [1.29, 1.82) is 0 Å². The molecule has 2 aliphatic rings. The summed E-state index contributed by atoms with van der Waals surface area (Å²) in [6, 6.07) is 0.549. The van der Waals surface area contributed by atoms with E-state index in [0.29, 0.717) is 0 Å². The van der Waals surface area contributed by atoms with Crippen molar-refractivity contribution in [3.8, 4) is 0 Å². The molecule has 2 aliphatic heterocycles. The number of fused-ring (bicyclic) bond motifs is 2. The maximum absolute atomic E-state index is 12.1. The summed E-state index contributed by atoms with van der Waals surface area (Å²) in [4.78, 5) is 14.0. The molecule has 2 bridgehead atoms. The molecule has 0 saturated carbocycles. The van der Waals surface area contributed by atoms with Gasteiger partial charge in [-0.15, -0.1) is 0 Å². The summed E-state index contributed by atoms with van der Waals surface area (Å²) in [5.41, 5.74) is 1.89. The van der Waals surface area contributed by atoms with E-state index in [0.717, 1.165) is 25.7 Å².